The van der Waals surface area contributed by atoms with Crippen molar-refractivity contribution in [2.45, 2.75) is 27.2 Å². The van der Waals surface area contributed by atoms with Crippen molar-refractivity contribution in [3.8, 4) is 35.3 Å². The number of amides is 1. The fraction of sp³-hybridized carbons (Fsp3) is 0.333. The summed E-state index contributed by atoms with van der Waals surface area (Å²) in [7, 11) is 0. The van der Waals surface area contributed by atoms with E-state index in [9.17, 15) is 4.79 Å². The molecule has 0 heterocycles. The molecule has 0 aliphatic carbocycles. The molecule has 1 N–H and O–H groups in total. The minimum atomic E-state index is -0.363. The lowest BCUT2D eigenvalue weighted by molar-refractivity contribution is 0.0954. The van der Waals surface area contributed by atoms with Crippen LogP contribution in [0.4, 0.5) is 0 Å². The van der Waals surface area contributed by atoms with Gasteiger partial charge in [-0.15, -0.1) is 6.42 Å². The fourth-order valence-electron chi connectivity index (χ4n) is 2.59. The number of hydrogen-bond donors (Lipinski definition) is 1. The van der Waals surface area contributed by atoms with Crippen LogP contribution < -0.4 is 24.4 Å². The number of hydrogen-bond acceptors (Lipinski definition) is 6. The van der Waals surface area contributed by atoms with Crippen molar-refractivity contribution in [3.63, 3.8) is 0 Å². The van der Waals surface area contributed by atoms with Gasteiger partial charge in [-0.3, -0.25) is 4.79 Å². The maximum absolute atomic E-state index is 12.5. The van der Waals surface area contributed by atoms with E-state index >= 15 is 0 Å². The lowest BCUT2D eigenvalue weighted by Crippen LogP contribution is -2.17. The molecule has 0 spiro atoms. The van der Waals surface area contributed by atoms with Gasteiger partial charge in [0.2, 0.25) is 0 Å². The van der Waals surface area contributed by atoms with Crippen molar-refractivity contribution in [2.75, 3.05) is 26.4 Å². The fourth-order valence-corrected chi connectivity index (χ4v) is 2.59. The topological polar surface area (TPSA) is 78.4 Å². The second-order valence-corrected chi connectivity index (χ2v) is 6.27. The zero-order valence-electron chi connectivity index (χ0n) is 18.1. The summed E-state index contributed by atoms with van der Waals surface area (Å²) in [6, 6.07) is 10.3. The van der Waals surface area contributed by atoms with Gasteiger partial charge in [0.05, 0.1) is 26.0 Å². The monoisotopic (exact) mass is 424 g/mol. The third-order valence-electron chi connectivity index (χ3n) is 3.93. The maximum atomic E-state index is 12.5. The first-order chi connectivity index (χ1) is 15.1. The highest BCUT2D eigenvalue weighted by molar-refractivity contribution is 5.95. The molecular formula is C24H28N2O5. The molecule has 7 heteroatoms. The molecule has 7 nitrogen and oxygen atoms in total. The van der Waals surface area contributed by atoms with Crippen LogP contribution in [0, 0.1) is 12.3 Å². The number of carbonyl (C=O) groups is 1. The van der Waals surface area contributed by atoms with Gasteiger partial charge in [0.15, 0.2) is 23.0 Å². The van der Waals surface area contributed by atoms with Crippen molar-refractivity contribution < 1.29 is 23.7 Å². The summed E-state index contributed by atoms with van der Waals surface area (Å²) in [5.74, 6) is 4.30. The van der Waals surface area contributed by atoms with E-state index in [0.29, 0.717) is 48.4 Å². The summed E-state index contributed by atoms with van der Waals surface area (Å²) in [5, 5.41) is 4.03. The van der Waals surface area contributed by atoms with Crippen LogP contribution in [-0.4, -0.2) is 38.5 Å². The van der Waals surface area contributed by atoms with Gasteiger partial charge in [0.25, 0.3) is 5.91 Å². The normalized spacial score (nSPS) is 10.4. The zero-order valence-corrected chi connectivity index (χ0v) is 18.1. The van der Waals surface area contributed by atoms with Gasteiger partial charge in [0, 0.05) is 5.56 Å². The highest BCUT2D eigenvalue weighted by Crippen LogP contribution is 2.29. The predicted molar refractivity (Wildman–Crippen MR) is 120 cm³/mol. The summed E-state index contributed by atoms with van der Waals surface area (Å²) in [6.07, 6.45) is 7.64. The smallest absolute Gasteiger partial charge is 0.271 e. The molecule has 2 rings (SSSR count). The molecule has 0 aromatic heterocycles. The highest BCUT2D eigenvalue weighted by atomic mass is 16.5. The van der Waals surface area contributed by atoms with E-state index in [-0.39, 0.29) is 12.5 Å². The molecule has 0 fully saturated rings. The van der Waals surface area contributed by atoms with Gasteiger partial charge in [-0.1, -0.05) is 12.8 Å². The van der Waals surface area contributed by atoms with E-state index in [0.717, 1.165) is 12.0 Å². The van der Waals surface area contributed by atoms with Crippen molar-refractivity contribution in [2.24, 2.45) is 5.10 Å². The molecular weight excluding hydrogens is 396 g/mol. The van der Waals surface area contributed by atoms with Crippen molar-refractivity contribution in [1.29, 1.82) is 0 Å². The van der Waals surface area contributed by atoms with E-state index in [1.807, 2.05) is 20.8 Å². The Hall–Kier alpha value is -3.66. The summed E-state index contributed by atoms with van der Waals surface area (Å²) in [6.45, 7) is 7.44. The molecule has 0 atom stereocenters. The number of nitrogens with one attached hydrogen (secondary N) is 1. The van der Waals surface area contributed by atoms with Crippen LogP contribution >= 0.6 is 0 Å². The third kappa shape index (κ3) is 7.27. The first-order valence-corrected chi connectivity index (χ1v) is 10.2. The average Bonchev–Trinajstić information content (AvgIpc) is 2.78. The minimum absolute atomic E-state index is 0.148. The van der Waals surface area contributed by atoms with Gasteiger partial charge >= 0.3 is 0 Å². The second-order valence-electron chi connectivity index (χ2n) is 6.27. The van der Waals surface area contributed by atoms with E-state index < -0.39 is 0 Å². The van der Waals surface area contributed by atoms with Crippen LogP contribution in [0.15, 0.2) is 41.5 Å². The van der Waals surface area contributed by atoms with Crippen LogP contribution in [0.5, 0.6) is 23.0 Å². The maximum Gasteiger partial charge on any atom is 0.271 e. The largest absolute Gasteiger partial charge is 0.490 e. The average molecular weight is 424 g/mol. The molecule has 31 heavy (non-hydrogen) atoms. The molecule has 0 aliphatic rings. The Morgan fingerprint density at radius 3 is 2.32 bits per heavy atom. The molecule has 2 aromatic carbocycles. The Bertz CT molecular complexity index is 934. The molecule has 2 aromatic rings. The summed E-state index contributed by atoms with van der Waals surface area (Å²) in [4.78, 5) is 12.5. The van der Waals surface area contributed by atoms with E-state index in [2.05, 4.69) is 16.4 Å². The van der Waals surface area contributed by atoms with Gasteiger partial charge in [-0.2, -0.15) is 5.10 Å². The Labute approximate surface area is 183 Å². The van der Waals surface area contributed by atoms with Crippen LogP contribution in [0.2, 0.25) is 0 Å². The zero-order chi connectivity index (χ0) is 22.5. The minimum Gasteiger partial charge on any atom is -0.490 e. The van der Waals surface area contributed by atoms with Crippen molar-refractivity contribution in [1.82, 2.24) is 5.43 Å². The number of carbonyl (C=O) groups excluding carboxylic acids is 1. The van der Waals surface area contributed by atoms with Gasteiger partial charge in [-0.25, -0.2) is 5.43 Å². The quantitative estimate of drug-likeness (QED) is 0.316. The lowest BCUT2D eigenvalue weighted by Gasteiger charge is -2.12. The molecule has 0 bridgehead atoms. The number of hydrazone groups is 1. The first-order valence-electron chi connectivity index (χ1n) is 10.2. The summed E-state index contributed by atoms with van der Waals surface area (Å²) >= 11 is 0. The summed E-state index contributed by atoms with van der Waals surface area (Å²) < 4.78 is 22.3. The lowest BCUT2D eigenvalue weighted by atomic mass is 10.2. The van der Waals surface area contributed by atoms with Crippen molar-refractivity contribution in [3.05, 3.63) is 47.5 Å². The standard InChI is InChI=1S/C24H28N2O5/c1-5-13-30-20-11-9-18(15-22(20)28-7-3)17-25-26-24(27)19-10-12-21(31-14-6-2)23(16-19)29-8-4/h1,9-12,15-17H,6-8,13-14H2,2-4H3,(H,26,27)/b25-17+. The van der Waals surface area contributed by atoms with Crippen molar-refractivity contribution >= 4 is 12.1 Å². The van der Waals surface area contributed by atoms with Gasteiger partial charge < -0.3 is 18.9 Å². The number of benzene rings is 2. The molecule has 0 radical (unpaired) electrons. The van der Waals surface area contributed by atoms with Crippen LogP contribution in [0.25, 0.3) is 0 Å². The Morgan fingerprint density at radius 1 is 0.968 bits per heavy atom. The Kier molecular flexibility index (Phi) is 9.76. The number of rotatable bonds is 12. The van der Waals surface area contributed by atoms with E-state index in [1.54, 1.807) is 36.4 Å². The molecule has 0 saturated heterocycles. The van der Waals surface area contributed by atoms with Crippen LogP contribution in [0.3, 0.4) is 0 Å². The molecule has 164 valence electrons. The summed E-state index contributed by atoms with van der Waals surface area (Å²) in [5.41, 5.74) is 3.66. The number of nitrogens with zero attached hydrogens (tertiary/aromatic N) is 1. The molecule has 0 aliphatic heterocycles. The molecule has 1 amide bonds. The SMILES string of the molecule is C#CCOc1ccc(/C=N/NC(=O)c2ccc(OCCC)c(OCC)c2)cc1OCC. The Balaban J connectivity index is 2.08. The van der Waals surface area contributed by atoms with E-state index in [1.165, 1.54) is 6.21 Å². The molecule has 0 saturated carbocycles. The van der Waals surface area contributed by atoms with Crippen LogP contribution in [-0.2, 0) is 0 Å². The van der Waals surface area contributed by atoms with Gasteiger partial charge in [-0.05, 0) is 62.2 Å². The number of terminal acetylenes is 1. The van der Waals surface area contributed by atoms with Crippen LogP contribution in [0.1, 0.15) is 43.1 Å². The van der Waals surface area contributed by atoms with E-state index in [4.69, 9.17) is 25.4 Å². The highest BCUT2D eigenvalue weighted by Gasteiger charge is 2.11. The van der Waals surface area contributed by atoms with Gasteiger partial charge in [0.1, 0.15) is 6.61 Å². The second kappa shape index (κ2) is 12.8. The molecule has 0 unspecified atom stereocenters. The Morgan fingerprint density at radius 2 is 1.65 bits per heavy atom. The predicted octanol–water partition coefficient (Wildman–Crippen LogP) is 4.05. The number of ether oxygens (including phenoxy) is 4. The first kappa shape index (κ1) is 23.6. The third-order valence-corrected chi connectivity index (χ3v) is 3.93.